The van der Waals surface area contributed by atoms with Crippen LogP contribution in [0.15, 0.2) is 0 Å². The molecule has 0 aromatic heterocycles. The molecular weight excluding hydrogens is 344 g/mol. The fourth-order valence-corrected chi connectivity index (χ4v) is 2.75. The van der Waals surface area contributed by atoms with Crippen molar-refractivity contribution in [1.29, 1.82) is 5.26 Å². The van der Waals surface area contributed by atoms with E-state index in [4.69, 9.17) is 14.7 Å². The van der Waals surface area contributed by atoms with E-state index >= 15 is 0 Å². The van der Waals surface area contributed by atoms with Crippen LogP contribution in [0.25, 0.3) is 0 Å². The highest BCUT2D eigenvalue weighted by Gasteiger charge is 2.62. The van der Waals surface area contributed by atoms with Gasteiger partial charge in [-0.25, -0.2) is 14.5 Å². The number of rotatable bonds is 5. The van der Waals surface area contributed by atoms with Gasteiger partial charge in [-0.1, -0.05) is 0 Å². The van der Waals surface area contributed by atoms with Crippen molar-refractivity contribution in [3.05, 3.63) is 0 Å². The molecule has 26 heavy (non-hydrogen) atoms. The number of hydrogen-bond acceptors (Lipinski definition) is 8. The average Bonchev–Trinajstić information content (AvgIpc) is 2.85. The largest absolute Gasteiger partial charge is 0.467 e. The lowest BCUT2D eigenvalue weighted by Crippen LogP contribution is -2.48. The molecule has 2 amide bonds. The monoisotopic (exact) mass is 368 g/mol. The van der Waals surface area contributed by atoms with Gasteiger partial charge < -0.3 is 14.2 Å². The summed E-state index contributed by atoms with van der Waals surface area (Å²) in [6.07, 6.45) is -1.67. The van der Waals surface area contributed by atoms with Gasteiger partial charge in [0.05, 0.1) is 19.8 Å². The van der Waals surface area contributed by atoms with Crippen LogP contribution in [-0.2, 0) is 28.6 Å². The number of amides is 2. The van der Waals surface area contributed by atoms with Crippen molar-refractivity contribution in [3.63, 3.8) is 0 Å². The summed E-state index contributed by atoms with van der Waals surface area (Å²) in [6, 6.07) is 0.538. The lowest BCUT2D eigenvalue weighted by Gasteiger charge is -2.27. The smallest absolute Gasteiger partial charge is 0.417 e. The molecule has 0 unspecified atom stereocenters. The molecule has 0 aliphatic carbocycles. The molecule has 9 heteroatoms. The first kappa shape index (κ1) is 21.4. The molecule has 2 atom stereocenters. The number of nitriles is 1. The van der Waals surface area contributed by atoms with Crippen molar-refractivity contribution in [2.45, 2.75) is 58.6 Å². The number of esters is 2. The minimum atomic E-state index is -1.80. The van der Waals surface area contributed by atoms with Gasteiger partial charge in [-0.05, 0) is 34.1 Å². The summed E-state index contributed by atoms with van der Waals surface area (Å²) in [5.41, 5.74) is -2.72. The summed E-state index contributed by atoms with van der Waals surface area (Å²) in [6.45, 7) is 6.39. The molecule has 1 fully saturated rings. The normalized spacial score (nSPS) is 22.5. The van der Waals surface area contributed by atoms with Crippen LogP contribution < -0.4 is 0 Å². The van der Waals surface area contributed by atoms with E-state index in [1.807, 2.05) is 6.07 Å². The Labute approximate surface area is 152 Å². The third kappa shape index (κ3) is 4.31. The van der Waals surface area contributed by atoms with Crippen molar-refractivity contribution < 1.29 is 33.4 Å². The van der Waals surface area contributed by atoms with E-state index in [9.17, 15) is 19.2 Å². The molecule has 144 valence electrons. The van der Waals surface area contributed by atoms with E-state index in [0.717, 1.165) is 7.11 Å². The highest BCUT2D eigenvalue weighted by atomic mass is 16.6. The molecule has 0 aromatic carbocycles. The molecule has 0 bridgehead atoms. The number of hydrogen-bond donors (Lipinski definition) is 0. The van der Waals surface area contributed by atoms with Crippen LogP contribution in [0.2, 0.25) is 0 Å². The SMILES string of the molecule is CCOC(=O)[C@@]1(CCC#N)C[C@@H](C(=O)OC)N(C(=O)OC(C)(C)C)C1=O. The maximum Gasteiger partial charge on any atom is 0.417 e. The number of likely N-dealkylation sites (tertiary alicyclic amines) is 1. The quantitative estimate of drug-likeness (QED) is 0.407. The predicted octanol–water partition coefficient (Wildman–Crippen LogP) is 1.55. The van der Waals surface area contributed by atoms with Crippen LogP contribution in [0.3, 0.4) is 0 Å². The van der Waals surface area contributed by atoms with E-state index in [-0.39, 0.29) is 25.9 Å². The van der Waals surface area contributed by atoms with Crippen molar-refractivity contribution in [2.75, 3.05) is 13.7 Å². The molecular formula is C17H24N2O7. The van der Waals surface area contributed by atoms with Gasteiger partial charge in [-0.2, -0.15) is 5.26 Å². The fourth-order valence-electron chi connectivity index (χ4n) is 2.75. The second-order valence-corrected chi connectivity index (χ2v) is 6.86. The average molecular weight is 368 g/mol. The van der Waals surface area contributed by atoms with Gasteiger partial charge in [0.1, 0.15) is 11.6 Å². The maximum atomic E-state index is 13.0. The third-order valence-corrected chi connectivity index (χ3v) is 3.87. The summed E-state index contributed by atoms with van der Waals surface area (Å²) in [5.74, 6) is -2.65. The summed E-state index contributed by atoms with van der Waals surface area (Å²) < 4.78 is 14.9. The Hall–Kier alpha value is -2.63. The van der Waals surface area contributed by atoms with Gasteiger partial charge in [-0.15, -0.1) is 0 Å². The van der Waals surface area contributed by atoms with Crippen LogP contribution in [-0.4, -0.2) is 54.2 Å². The van der Waals surface area contributed by atoms with E-state index in [1.165, 1.54) is 0 Å². The first-order valence-corrected chi connectivity index (χ1v) is 8.22. The molecule has 9 nitrogen and oxygen atoms in total. The van der Waals surface area contributed by atoms with Crippen LogP contribution in [0.5, 0.6) is 0 Å². The van der Waals surface area contributed by atoms with Crippen LogP contribution in [0.1, 0.15) is 47.0 Å². The zero-order valence-corrected chi connectivity index (χ0v) is 15.7. The molecule has 1 saturated heterocycles. The zero-order chi connectivity index (χ0) is 20.1. The fraction of sp³-hybridized carbons (Fsp3) is 0.706. The minimum absolute atomic E-state index is 0.00967. The Kier molecular flexibility index (Phi) is 6.73. The molecule has 1 rings (SSSR count). The summed E-state index contributed by atoms with van der Waals surface area (Å²) >= 11 is 0. The second-order valence-electron chi connectivity index (χ2n) is 6.86. The molecule has 0 saturated carbocycles. The Morgan fingerprint density at radius 1 is 1.35 bits per heavy atom. The standard InChI is InChI=1S/C17H24N2O7/c1-6-25-14(22)17(8-7-9-18)10-11(12(20)24-5)19(13(17)21)15(23)26-16(2,3)4/h11H,6-8,10H2,1-5H3/t11-,17-/m0/s1. The van der Waals surface area contributed by atoms with Gasteiger partial charge in [-0.3, -0.25) is 9.59 Å². The van der Waals surface area contributed by atoms with Crippen LogP contribution in [0, 0.1) is 16.7 Å². The molecule has 1 heterocycles. The number of nitrogens with zero attached hydrogens (tertiary/aromatic N) is 2. The van der Waals surface area contributed by atoms with Crippen molar-refractivity contribution >= 4 is 23.9 Å². The summed E-state index contributed by atoms with van der Waals surface area (Å²) in [7, 11) is 1.11. The summed E-state index contributed by atoms with van der Waals surface area (Å²) in [4.78, 5) is 50.8. The van der Waals surface area contributed by atoms with Crippen LogP contribution >= 0.6 is 0 Å². The van der Waals surface area contributed by atoms with Gasteiger partial charge in [0.15, 0.2) is 5.41 Å². The number of imide groups is 1. The minimum Gasteiger partial charge on any atom is -0.467 e. The number of carbonyl (C=O) groups is 4. The molecule has 0 spiro atoms. The van der Waals surface area contributed by atoms with Crippen molar-refractivity contribution in [1.82, 2.24) is 4.90 Å². The van der Waals surface area contributed by atoms with Gasteiger partial charge >= 0.3 is 18.0 Å². The van der Waals surface area contributed by atoms with Gasteiger partial charge in [0, 0.05) is 12.8 Å². The maximum absolute atomic E-state index is 13.0. The molecule has 0 N–H and O–H groups in total. The predicted molar refractivity (Wildman–Crippen MR) is 87.4 cm³/mol. The Bertz CT molecular complexity index is 632. The molecule has 0 radical (unpaired) electrons. The Balaban J connectivity index is 3.36. The topological polar surface area (TPSA) is 123 Å². The molecule has 0 aromatic rings. The number of methoxy groups -OCH3 is 1. The molecule has 1 aliphatic rings. The highest BCUT2D eigenvalue weighted by Crippen LogP contribution is 2.42. The summed E-state index contributed by atoms with van der Waals surface area (Å²) in [5, 5.41) is 8.88. The van der Waals surface area contributed by atoms with E-state index in [1.54, 1.807) is 27.7 Å². The van der Waals surface area contributed by atoms with Gasteiger partial charge in [0.2, 0.25) is 5.91 Å². The first-order valence-electron chi connectivity index (χ1n) is 8.22. The third-order valence-electron chi connectivity index (χ3n) is 3.87. The second kappa shape index (κ2) is 8.17. The Morgan fingerprint density at radius 2 is 1.96 bits per heavy atom. The number of carbonyl (C=O) groups excluding carboxylic acids is 4. The molecule has 1 aliphatic heterocycles. The highest BCUT2D eigenvalue weighted by molar-refractivity contribution is 6.12. The number of ether oxygens (including phenoxy) is 3. The lowest BCUT2D eigenvalue weighted by atomic mass is 9.80. The Morgan fingerprint density at radius 3 is 2.42 bits per heavy atom. The van der Waals surface area contributed by atoms with Gasteiger partial charge in [0.25, 0.3) is 0 Å². The van der Waals surface area contributed by atoms with Crippen molar-refractivity contribution in [2.24, 2.45) is 5.41 Å². The first-order chi connectivity index (χ1) is 12.0. The zero-order valence-electron chi connectivity index (χ0n) is 15.7. The van der Waals surface area contributed by atoms with E-state index in [0.29, 0.717) is 4.90 Å². The van der Waals surface area contributed by atoms with E-state index in [2.05, 4.69) is 4.74 Å². The van der Waals surface area contributed by atoms with E-state index < -0.39 is 41.0 Å². The lowest BCUT2D eigenvalue weighted by molar-refractivity contribution is -0.161. The van der Waals surface area contributed by atoms with Crippen molar-refractivity contribution in [3.8, 4) is 6.07 Å². The van der Waals surface area contributed by atoms with Crippen LogP contribution in [0.4, 0.5) is 4.79 Å².